The van der Waals surface area contributed by atoms with Gasteiger partial charge in [-0.05, 0) is 56.7 Å². The smallest absolute Gasteiger partial charge is 0.0417 e. The normalized spacial score (nSPS) is 24.1. The lowest BCUT2D eigenvalue weighted by molar-refractivity contribution is 0.388. The second-order valence-corrected chi connectivity index (χ2v) is 6.66. The van der Waals surface area contributed by atoms with Crippen LogP contribution in [0.3, 0.4) is 0 Å². The molecule has 1 N–H and O–H groups in total. The van der Waals surface area contributed by atoms with E-state index in [-0.39, 0.29) is 0 Å². The van der Waals surface area contributed by atoms with Gasteiger partial charge in [-0.25, -0.2) is 0 Å². The van der Waals surface area contributed by atoms with Crippen LogP contribution in [0.4, 0.5) is 5.69 Å². The highest BCUT2D eigenvalue weighted by atomic mass is 15.2. The highest BCUT2D eigenvalue weighted by molar-refractivity contribution is 5.56. The summed E-state index contributed by atoms with van der Waals surface area (Å²) in [5.41, 5.74) is 2.93. The Morgan fingerprint density at radius 1 is 1.19 bits per heavy atom. The van der Waals surface area contributed by atoms with Gasteiger partial charge in [0.05, 0.1) is 0 Å². The number of hydrogen-bond acceptors (Lipinski definition) is 2. The maximum atomic E-state index is 3.71. The van der Waals surface area contributed by atoms with Crippen molar-refractivity contribution >= 4 is 5.69 Å². The Kier molecular flexibility index (Phi) is 6.10. The summed E-state index contributed by atoms with van der Waals surface area (Å²) in [5, 5.41) is 3.71. The van der Waals surface area contributed by atoms with Crippen LogP contribution in [0.5, 0.6) is 0 Å². The van der Waals surface area contributed by atoms with E-state index in [4.69, 9.17) is 0 Å². The maximum absolute atomic E-state index is 3.71. The zero-order chi connectivity index (χ0) is 15.2. The molecule has 0 bridgehead atoms. The van der Waals surface area contributed by atoms with Crippen molar-refractivity contribution in [1.82, 2.24) is 5.32 Å². The Hall–Kier alpha value is -1.02. The summed E-state index contributed by atoms with van der Waals surface area (Å²) in [5.74, 6) is 0.804. The molecule has 3 unspecified atom stereocenters. The predicted molar refractivity (Wildman–Crippen MR) is 93.0 cm³/mol. The van der Waals surface area contributed by atoms with Gasteiger partial charge in [-0.3, -0.25) is 0 Å². The molecule has 2 rings (SSSR count). The fourth-order valence-corrected chi connectivity index (χ4v) is 3.46. The molecule has 2 nitrogen and oxygen atoms in total. The first-order valence-corrected chi connectivity index (χ1v) is 8.76. The Balaban J connectivity index is 2.26. The summed E-state index contributed by atoms with van der Waals surface area (Å²) in [7, 11) is 0. The number of para-hydroxylation sites is 1. The van der Waals surface area contributed by atoms with Crippen LogP contribution >= 0.6 is 0 Å². The topological polar surface area (TPSA) is 15.3 Å². The zero-order valence-corrected chi connectivity index (χ0v) is 14.2. The lowest BCUT2D eigenvalue weighted by atomic mass is 9.92. The summed E-state index contributed by atoms with van der Waals surface area (Å²) >= 11 is 0. The van der Waals surface area contributed by atoms with Gasteiger partial charge in [0.1, 0.15) is 0 Å². The van der Waals surface area contributed by atoms with E-state index in [1.165, 1.54) is 37.1 Å². The van der Waals surface area contributed by atoms with Gasteiger partial charge in [-0.15, -0.1) is 0 Å². The first-order chi connectivity index (χ1) is 10.2. The number of rotatable bonds is 6. The van der Waals surface area contributed by atoms with E-state index in [9.17, 15) is 0 Å². The summed E-state index contributed by atoms with van der Waals surface area (Å²) in [6, 6.07) is 10.2. The monoisotopic (exact) mass is 288 g/mol. The Labute approximate surface area is 130 Å². The third-order valence-corrected chi connectivity index (χ3v) is 4.79. The number of nitrogens with one attached hydrogen (secondary N) is 1. The van der Waals surface area contributed by atoms with Gasteiger partial charge in [-0.2, -0.15) is 0 Å². The molecule has 1 aromatic rings. The van der Waals surface area contributed by atoms with Crippen LogP contribution < -0.4 is 10.2 Å². The molecule has 0 aliphatic carbocycles. The first-order valence-electron chi connectivity index (χ1n) is 8.76. The van der Waals surface area contributed by atoms with E-state index in [0.717, 1.165) is 18.9 Å². The number of piperidine rings is 1. The van der Waals surface area contributed by atoms with Crippen LogP contribution in [0, 0.1) is 5.92 Å². The molecule has 2 heteroatoms. The van der Waals surface area contributed by atoms with Crippen molar-refractivity contribution in [3.63, 3.8) is 0 Å². The van der Waals surface area contributed by atoms with Gasteiger partial charge in [-0.1, -0.05) is 39.0 Å². The molecule has 1 heterocycles. The van der Waals surface area contributed by atoms with Crippen molar-refractivity contribution in [1.29, 1.82) is 0 Å². The van der Waals surface area contributed by atoms with Crippen LogP contribution in [0.25, 0.3) is 0 Å². The largest absolute Gasteiger partial charge is 0.368 e. The van der Waals surface area contributed by atoms with Gasteiger partial charge < -0.3 is 10.2 Å². The van der Waals surface area contributed by atoms with E-state index >= 15 is 0 Å². The van der Waals surface area contributed by atoms with Gasteiger partial charge in [0.25, 0.3) is 0 Å². The molecule has 1 fully saturated rings. The van der Waals surface area contributed by atoms with Crippen molar-refractivity contribution in [2.45, 2.75) is 65.5 Å². The van der Waals surface area contributed by atoms with Crippen molar-refractivity contribution in [2.24, 2.45) is 5.92 Å². The summed E-state index contributed by atoms with van der Waals surface area (Å²) in [6.45, 7) is 11.6. The van der Waals surface area contributed by atoms with E-state index in [1.54, 1.807) is 0 Å². The average molecular weight is 288 g/mol. The van der Waals surface area contributed by atoms with Gasteiger partial charge in [0, 0.05) is 24.3 Å². The number of benzene rings is 1. The lowest BCUT2D eigenvalue weighted by Gasteiger charge is -2.40. The molecule has 0 saturated carbocycles. The first kappa shape index (κ1) is 16.4. The van der Waals surface area contributed by atoms with Crippen LogP contribution in [0.2, 0.25) is 0 Å². The molecular weight excluding hydrogens is 256 g/mol. The molecule has 1 aromatic carbocycles. The van der Waals surface area contributed by atoms with Crippen LogP contribution in [-0.4, -0.2) is 19.1 Å². The minimum atomic E-state index is 0.477. The van der Waals surface area contributed by atoms with Crippen molar-refractivity contribution in [3.8, 4) is 0 Å². The fraction of sp³-hybridized carbons (Fsp3) is 0.684. The van der Waals surface area contributed by atoms with Crippen LogP contribution in [0.1, 0.15) is 65.0 Å². The maximum Gasteiger partial charge on any atom is 0.0417 e. The molecule has 1 aliphatic rings. The molecule has 0 radical (unpaired) electrons. The Morgan fingerprint density at radius 2 is 1.95 bits per heavy atom. The van der Waals surface area contributed by atoms with E-state index < -0.39 is 0 Å². The number of nitrogens with zero attached hydrogens (tertiary/aromatic N) is 1. The van der Waals surface area contributed by atoms with Gasteiger partial charge in [0.15, 0.2) is 0 Å². The molecule has 1 aliphatic heterocycles. The van der Waals surface area contributed by atoms with E-state index in [2.05, 4.69) is 62.2 Å². The fourth-order valence-electron chi connectivity index (χ4n) is 3.46. The van der Waals surface area contributed by atoms with Crippen LogP contribution in [0.15, 0.2) is 24.3 Å². The molecule has 1 saturated heterocycles. The number of anilines is 1. The summed E-state index contributed by atoms with van der Waals surface area (Å²) in [6.07, 6.45) is 5.02. The highest BCUT2D eigenvalue weighted by Gasteiger charge is 2.26. The van der Waals surface area contributed by atoms with Crippen LogP contribution in [-0.2, 0) is 0 Å². The second-order valence-electron chi connectivity index (χ2n) is 6.66. The standard InChI is InChI=1S/C19H32N2/c1-5-13-20-18(6-2)17-9-7-8-10-19(17)21-14-15(3)11-12-16(21)4/h7-10,15-16,18,20H,5-6,11-14H2,1-4H3. The molecule has 3 atom stereocenters. The third-order valence-electron chi connectivity index (χ3n) is 4.79. The molecular formula is C19H32N2. The molecule has 118 valence electrons. The Bertz CT molecular complexity index is 429. The second kappa shape index (κ2) is 7.84. The predicted octanol–water partition coefficient (Wildman–Crippen LogP) is 4.76. The highest BCUT2D eigenvalue weighted by Crippen LogP contribution is 2.33. The number of hydrogen-bond donors (Lipinski definition) is 1. The molecule has 21 heavy (non-hydrogen) atoms. The lowest BCUT2D eigenvalue weighted by Crippen LogP contribution is -2.42. The van der Waals surface area contributed by atoms with E-state index in [1.807, 2.05) is 0 Å². The molecule has 0 aromatic heterocycles. The van der Waals surface area contributed by atoms with Crippen molar-refractivity contribution in [2.75, 3.05) is 18.0 Å². The minimum absolute atomic E-state index is 0.477. The SMILES string of the molecule is CCCNC(CC)c1ccccc1N1CC(C)CCC1C. The van der Waals surface area contributed by atoms with Gasteiger partial charge >= 0.3 is 0 Å². The summed E-state index contributed by atoms with van der Waals surface area (Å²) in [4.78, 5) is 2.64. The minimum Gasteiger partial charge on any atom is -0.368 e. The van der Waals surface area contributed by atoms with Crippen molar-refractivity contribution < 1.29 is 0 Å². The van der Waals surface area contributed by atoms with Gasteiger partial charge in [0.2, 0.25) is 0 Å². The third kappa shape index (κ3) is 4.00. The molecule has 0 amide bonds. The van der Waals surface area contributed by atoms with E-state index in [0.29, 0.717) is 12.1 Å². The quantitative estimate of drug-likeness (QED) is 0.811. The average Bonchev–Trinajstić information content (AvgIpc) is 2.51. The summed E-state index contributed by atoms with van der Waals surface area (Å²) < 4.78 is 0. The zero-order valence-electron chi connectivity index (χ0n) is 14.2. The Morgan fingerprint density at radius 3 is 2.67 bits per heavy atom. The molecule has 0 spiro atoms. The van der Waals surface area contributed by atoms with Crippen molar-refractivity contribution in [3.05, 3.63) is 29.8 Å².